The minimum absolute atomic E-state index is 0.243. The lowest BCUT2D eigenvalue weighted by molar-refractivity contribution is -0.0256. The molecule has 0 radical (unpaired) electrons. The molecule has 0 aliphatic carbocycles. The second-order valence-electron chi connectivity index (χ2n) is 7.01. The van der Waals surface area contributed by atoms with Crippen molar-refractivity contribution in [3.05, 3.63) is 0 Å². The molecule has 0 spiro atoms. The summed E-state index contributed by atoms with van der Waals surface area (Å²) >= 11 is 0. The highest BCUT2D eigenvalue weighted by molar-refractivity contribution is 4.41. The summed E-state index contributed by atoms with van der Waals surface area (Å²) in [7, 11) is 4.05. The molecule has 0 heterocycles. The van der Waals surface area contributed by atoms with Crippen LogP contribution >= 0.6 is 0 Å². The monoisotopic (exact) mass is 439 g/mol. The highest BCUT2D eigenvalue weighted by Gasteiger charge is 1.96. The van der Waals surface area contributed by atoms with Gasteiger partial charge in [-0.15, -0.1) is 0 Å². The number of hydrogen-bond donors (Lipinski definition) is 0. The minimum atomic E-state index is 0.243. The zero-order chi connectivity index (χ0) is 22.1. The molecular formula is C21H45NO8. The maximum Gasteiger partial charge on any atom is 0.0703 e. The molecule has 0 saturated heterocycles. The Morgan fingerprint density at radius 2 is 0.700 bits per heavy atom. The van der Waals surface area contributed by atoms with Gasteiger partial charge >= 0.3 is 0 Å². The van der Waals surface area contributed by atoms with E-state index in [4.69, 9.17) is 37.9 Å². The van der Waals surface area contributed by atoms with E-state index in [0.29, 0.717) is 92.5 Å². The standard InChI is InChI=1S/C21H45NO8/c1-21(2)30-20-19-29-18-17-28-16-15-27-14-13-26-12-11-25-10-9-24-8-7-23-6-5-22(3)4/h21H,5-20H2,1-4H3. The normalized spacial score (nSPS) is 11.8. The van der Waals surface area contributed by atoms with Crippen LogP contribution in [0, 0.1) is 0 Å². The third-order valence-corrected chi connectivity index (χ3v) is 3.59. The lowest BCUT2D eigenvalue weighted by Crippen LogP contribution is -2.19. The van der Waals surface area contributed by atoms with Gasteiger partial charge in [-0.05, 0) is 27.9 Å². The van der Waals surface area contributed by atoms with Gasteiger partial charge in [0.25, 0.3) is 0 Å². The molecule has 182 valence electrons. The van der Waals surface area contributed by atoms with Crippen LogP contribution in [0.15, 0.2) is 0 Å². The smallest absolute Gasteiger partial charge is 0.0703 e. The molecule has 0 fully saturated rings. The summed E-state index contributed by atoms with van der Waals surface area (Å²) in [6, 6.07) is 0. The summed E-state index contributed by atoms with van der Waals surface area (Å²) in [6.45, 7) is 13.6. The van der Waals surface area contributed by atoms with Crippen molar-refractivity contribution in [1.29, 1.82) is 0 Å². The van der Waals surface area contributed by atoms with E-state index >= 15 is 0 Å². The summed E-state index contributed by atoms with van der Waals surface area (Å²) in [5.74, 6) is 0. The molecule has 30 heavy (non-hydrogen) atoms. The van der Waals surface area contributed by atoms with Crippen LogP contribution in [-0.2, 0) is 37.9 Å². The van der Waals surface area contributed by atoms with Gasteiger partial charge in [0.05, 0.1) is 105 Å². The molecule has 0 amide bonds. The first-order valence-corrected chi connectivity index (χ1v) is 10.9. The molecule has 9 heteroatoms. The van der Waals surface area contributed by atoms with E-state index in [2.05, 4.69) is 4.90 Å². The number of rotatable bonds is 25. The first kappa shape index (κ1) is 29.6. The highest BCUT2D eigenvalue weighted by Crippen LogP contribution is 1.88. The quantitative estimate of drug-likeness (QED) is 0.194. The van der Waals surface area contributed by atoms with Crippen molar-refractivity contribution >= 4 is 0 Å². The fourth-order valence-corrected chi connectivity index (χ4v) is 2.01. The third kappa shape index (κ3) is 27.6. The number of ether oxygens (including phenoxy) is 8. The van der Waals surface area contributed by atoms with Crippen LogP contribution in [0.1, 0.15) is 13.8 Å². The summed E-state index contributed by atoms with van der Waals surface area (Å²) in [5.41, 5.74) is 0. The van der Waals surface area contributed by atoms with Gasteiger partial charge in [0.1, 0.15) is 0 Å². The molecule has 0 atom stereocenters. The van der Waals surface area contributed by atoms with Crippen molar-refractivity contribution in [3.63, 3.8) is 0 Å². The molecule has 0 bridgehead atoms. The van der Waals surface area contributed by atoms with Crippen molar-refractivity contribution in [2.75, 3.05) is 120 Å². The zero-order valence-corrected chi connectivity index (χ0v) is 19.6. The zero-order valence-electron chi connectivity index (χ0n) is 19.6. The Morgan fingerprint density at radius 1 is 0.433 bits per heavy atom. The Kier molecular flexibility index (Phi) is 24.6. The van der Waals surface area contributed by atoms with Crippen LogP contribution in [-0.4, -0.2) is 131 Å². The molecule has 0 aliphatic rings. The average Bonchev–Trinajstić information content (AvgIpc) is 2.70. The van der Waals surface area contributed by atoms with E-state index in [9.17, 15) is 0 Å². The van der Waals surface area contributed by atoms with Crippen molar-refractivity contribution in [2.24, 2.45) is 0 Å². The molecule has 0 aromatic rings. The molecule has 0 rings (SSSR count). The van der Waals surface area contributed by atoms with Gasteiger partial charge in [0.2, 0.25) is 0 Å². The summed E-state index contributed by atoms with van der Waals surface area (Å²) in [6.07, 6.45) is 0.243. The van der Waals surface area contributed by atoms with Crippen LogP contribution < -0.4 is 0 Å². The summed E-state index contributed by atoms with van der Waals surface area (Å²) in [4.78, 5) is 2.09. The van der Waals surface area contributed by atoms with Crippen LogP contribution in [0.5, 0.6) is 0 Å². The lowest BCUT2D eigenvalue weighted by atomic mass is 10.5. The van der Waals surface area contributed by atoms with Crippen molar-refractivity contribution in [1.82, 2.24) is 4.90 Å². The van der Waals surface area contributed by atoms with E-state index in [1.54, 1.807) is 0 Å². The van der Waals surface area contributed by atoms with Crippen LogP contribution in [0.25, 0.3) is 0 Å². The Balaban J connectivity index is 3.00. The highest BCUT2D eigenvalue weighted by atomic mass is 16.6. The number of nitrogens with zero attached hydrogens (tertiary/aromatic N) is 1. The molecule has 0 aromatic heterocycles. The first-order valence-electron chi connectivity index (χ1n) is 10.9. The second-order valence-corrected chi connectivity index (χ2v) is 7.01. The van der Waals surface area contributed by atoms with Gasteiger partial charge in [-0.2, -0.15) is 0 Å². The van der Waals surface area contributed by atoms with Crippen molar-refractivity contribution in [2.45, 2.75) is 20.0 Å². The van der Waals surface area contributed by atoms with Gasteiger partial charge in [-0.1, -0.05) is 0 Å². The van der Waals surface area contributed by atoms with Gasteiger partial charge in [0.15, 0.2) is 0 Å². The minimum Gasteiger partial charge on any atom is -0.378 e. The Hall–Kier alpha value is -0.360. The van der Waals surface area contributed by atoms with Gasteiger partial charge in [0, 0.05) is 6.54 Å². The Morgan fingerprint density at radius 3 is 0.967 bits per heavy atom. The van der Waals surface area contributed by atoms with Crippen molar-refractivity contribution < 1.29 is 37.9 Å². The second kappa shape index (κ2) is 24.9. The van der Waals surface area contributed by atoms with Gasteiger partial charge in [-0.3, -0.25) is 0 Å². The van der Waals surface area contributed by atoms with Crippen molar-refractivity contribution in [3.8, 4) is 0 Å². The molecule has 0 aliphatic heterocycles. The molecule has 0 N–H and O–H groups in total. The summed E-state index contributed by atoms with van der Waals surface area (Å²) in [5, 5.41) is 0. The van der Waals surface area contributed by atoms with Gasteiger partial charge in [-0.25, -0.2) is 0 Å². The predicted octanol–water partition coefficient (Wildman–Crippen LogP) is 1.09. The van der Waals surface area contributed by atoms with Crippen LogP contribution in [0.4, 0.5) is 0 Å². The fraction of sp³-hybridized carbons (Fsp3) is 1.00. The molecule has 0 saturated carbocycles. The van der Waals surface area contributed by atoms with Gasteiger partial charge < -0.3 is 42.8 Å². The van der Waals surface area contributed by atoms with E-state index in [1.165, 1.54) is 0 Å². The number of likely N-dealkylation sites (N-methyl/N-ethyl adjacent to an activating group) is 1. The largest absolute Gasteiger partial charge is 0.378 e. The van der Waals surface area contributed by atoms with E-state index in [0.717, 1.165) is 13.2 Å². The Bertz CT molecular complexity index is 291. The first-order chi connectivity index (χ1) is 14.6. The lowest BCUT2D eigenvalue weighted by Gasteiger charge is -2.10. The van der Waals surface area contributed by atoms with E-state index < -0.39 is 0 Å². The van der Waals surface area contributed by atoms with Crippen LogP contribution in [0.3, 0.4) is 0 Å². The average molecular weight is 440 g/mol. The summed E-state index contributed by atoms with van der Waals surface area (Å²) < 4.78 is 43.3. The maximum atomic E-state index is 5.44. The third-order valence-electron chi connectivity index (χ3n) is 3.59. The molecule has 9 nitrogen and oxygen atoms in total. The SMILES string of the molecule is CC(C)OCCOCCOCCOCCOCCOCCOCCOCCN(C)C. The fourth-order valence-electron chi connectivity index (χ4n) is 2.01. The predicted molar refractivity (Wildman–Crippen MR) is 115 cm³/mol. The molecule has 0 aromatic carbocycles. The van der Waals surface area contributed by atoms with E-state index in [1.807, 2.05) is 27.9 Å². The van der Waals surface area contributed by atoms with Crippen LogP contribution in [0.2, 0.25) is 0 Å². The molecule has 0 unspecified atom stereocenters. The maximum absolute atomic E-state index is 5.44. The van der Waals surface area contributed by atoms with E-state index in [-0.39, 0.29) is 6.10 Å². The topological polar surface area (TPSA) is 77.1 Å². The molecular weight excluding hydrogens is 394 g/mol. The number of hydrogen-bond acceptors (Lipinski definition) is 9. The Labute approximate surface area is 183 Å².